The molecule has 0 atom stereocenters. The van der Waals surface area contributed by atoms with Gasteiger partial charge in [0, 0.05) is 16.6 Å². The van der Waals surface area contributed by atoms with Crippen molar-refractivity contribution in [3.05, 3.63) is 33.2 Å². The van der Waals surface area contributed by atoms with Crippen molar-refractivity contribution < 1.29 is 0 Å². The second-order valence-electron chi connectivity index (χ2n) is 2.96. The Morgan fingerprint density at radius 2 is 2.08 bits per heavy atom. The second kappa shape index (κ2) is 3.68. The van der Waals surface area contributed by atoms with E-state index in [9.17, 15) is 0 Å². The molecule has 0 saturated heterocycles. The highest BCUT2D eigenvalue weighted by Crippen LogP contribution is 2.28. The van der Waals surface area contributed by atoms with Gasteiger partial charge in [0.25, 0.3) is 0 Å². The molecule has 0 N–H and O–H groups in total. The van der Waals surface area contributed by atoms with Crippen molar-refractivity contribution in [2.24, 2.45) is 0 Å². The number of hydrogen-bond donors (Lipinski definition) is 0. The fraction of sp³-hybridized carbons (Fsp3) is 0.333. The Morgan fingerprint density at radius 3 is 2.50 bits per heavy atom. The van der Waals surface area contributed by atoms with Gasteiger partial charge in [0.15, 0.2) is 4.98 Å². The molecule has 0 aliphatic rings. The fourth-order valence-electron chi connectivity index (χ4n) is 1.05. The maximum absolute atomic E-state index is 8.50. The van der Waals surface area contributed by atoms with Crippen LogP contribution in [-0.2, 0) is 0 Å². The van der Waals surface area contributed by atoms with E-state index in [0.29, 0.717) is 11.6 Å². The van der Waals surface area contributed by atoms with Crippen LogP contribution in [0.15, 0.2) is 22.7 Å². The minimum absolute atomic E-state index is 0.479. The third-order valence-electron chi connectivity index (χ3n) is 1.72. The second-order valence-corrected chi connectivity index (χ2v) is 3.81. The zero-order valence-corrected chi connectivity index (χ0v) is 8.67. The summed E-state index contributed by atoms with van der Waals surface area (Å²) in [7, 11) is 0. The summed E-state index contributed by atoms with van der Waals surface area (Å²) >= 11 is 3.42. The summed E-state index contributed by atoms with van der Waals surface area (Å²) in [6, 6.07) is 5.55. The molecule has 2 nitrogen and oxygen atoms in total. The molecule has 3 heteroatoms. The molecule has 62 valence electrons. The summed E-state index contributed by atoms with van der Waals surface area (Å²) in [5.74, 6) is 0.479. The first kappa shape index (κ1) is 9.21. The van der Waals surface area contributed by atoms with Gasteiger partial charge in [0.1, 0.15) is 0 Å². The number of nitrogens with zero attached hydrogens (tertiary/aromatic N) is 2. The Morgan fingerprint density at radius 1 is 1.42 bits per heavy atom. The molecule has 1 aromatic rings. The van der Waals surface area contributed by atoms with Gasteiger partial charge in [0.05, 0.1) is 0 Å². The first-order chi connectivity index (χ1) is 5.65. The highest BCUT2D eigenvalue weighted by atomic mass is 79.9. The zero-order valence-electron chi connectivity index (χ0n) is 7.08. The topological polar surface area (TPSA) is 28.1 Å². The van der Waals surface area contributed by atoms with Gasteiger partial charge in [-0.2, -0.15) is 0 Å². The van der Waals surface area contributed by atoms with E-state index < -0.39 is 0 Å². The van der Waals surface area contributed by atoms with Gasteiger partial charge in [0.2, 0.25) is 5.39 Å². The Labute approximate surface area is 80.4 Å². The maximum Gasteiger partial charge on any atom is 0.386 e. The smallest absolute Gasteiger partial charge is 0.0586 e. The minimum Gasteiger partial charge on any atom is -0.0586 e. The predicted octanol–water partition coefficient (Wildman–Crippen LogP) is 4.06. The Bertz CT molecular complexity index is 326. The highest BCUT2D eigenvalue weighted by molar-refractivity contribution is 9.10. The lowest BCUT2D eigenvalue weighted by Gasteiger charge is -2.05. The molecule has 0 spiro atoms. The van der Waals surface area contributed by atoms with Gasteiger partial charge >= 0.3 is 5.69 Å². The number of hydrogen-bond acceptors (Lipinski definition) is 1. The molecule has 0 bridgehead atoms. The van der Waals surface area contributed by atoms with Crippen molar-refractivity contribution in [2.75, 3.05) is 0 Å². The molecule has 0 radical (unpaired) electrons. The van der Waals surface area contributed by atoms with E-state index in [4.69, 9.17) is 5.39 Å². The van der Waals surface area contributed by atoms with E-state index in [1.165, 1.54) is 5.56 Å². The molecule has 0 aromatic heterocycles. The van der Waals surface area contributed by atoms with Crippen LogP contribution in [0.2, 0.25) is 0 Å². The van der Waals surface area contributed by atoms with E-state index in [1.54, 1.807) is 12.1 Å². The standard InChI is InChI=1S/C9H10BrN2/c1-6(2)8-4-3-7(12-11)5-9(8)10/h3-6H,1-2H3/q+1. The van der Waals surface area contributed by atoms with Crippen LogP contribution >= 0.6 is 15.9 Å². The summed E-state index contributed by atoms with van der Waals surface area (Å²) < 4.78 is 0.993. The van der Waals surface area contributed by atoms with Crippen LogP contribution in [0.1, 0.15) is 25.3 Å². The molecule has 12 heavy (non-hydrogen) atoms. The number of halogens is 1. The quantitative estimate of drug-likeness (QED) is 0.663. The molecule has 0 aliphatic heterocycles. The van der Waals surface area contributed by atoms with Gasteiger partial charge in [-0.05, 0) is 17.5 Å². The molecule has 1 aromatic carbocycles. The Hall–Kier alpha value is -0.880. The third kappa shape index (κ3) is 1.83. The van der Waals surface area contributed by atoms with Crippen LogP contribution in [0.4, 0.5) is 5.69 Å². The average molecular weight is 226 g/mol. The normalized spacial score (nSPS) is 9.92. The van der Waals surface area contributed by atoms with Crippen LogP contribution in [-0.4, -0.2) is 0 Å². The minimum atomic E-state index is 0.479. The van der Waals surface area contributed by atoms with Gasteiger partial charge in [-0.25, -0.2) is 0 Å². The summed E-state index contributed by atoms with van der Waals surface area (Å²) in [6.07, 6.45) is 0. The van der Waals surface area contributed by atoms with Crippen LogP contribution in [0, 0.1) is 5.39 Å². The fourth-order valence-corrected chi connectivity index (χ4v) is 1.87. The lowest BCUT2D eigenvalue weighted by Crippen LogP contribution is -1.87. The molecular weight excluding hydrogens is 216 g/mol. The van der Waals surface area contributed by atoms with E-state index in [1.807, 2.05) is 6.07 Å². The van der Waals surface area contributed by atoms with Gasteiger partial charge in [-0.15, -0.1) is 0 Å². The van der Waals surface area contributed by atoms with Gasteiger partial charge in [-0.1, -0.05) is 29.8 Å². The largest absolute Gasteiger partial charge is 0.386 e. The lowest BCUT2D eigenvalue weighted by atomic mass is 10.0. The van der Waals surface area contributed by atoms with E-state index in [0.717, 1.165) is 4.47 Å². The molecule has 0 unspecified atom stereocenters. The number of benzene rings is 1. The van der Waals surface area contributed by atoms with Crippen molar-refractivity contribution in [2.45, 2.75) is 19.8 Å². The predicted molar refractivity (Wildman–Crippen MR) is 53.0 cm³/mol. The first-order valence-electron chi connectivity index (χ1n) is 3.79. The molecule has 0 fully saturated rings. The van der Waals surface area contributed by atoms with E-state index in [-0.39, 0.29) is 0 Å². The van der Waals surface area contributed by atoms with Crippen molar-refractivity contribution in [1.82, 2.24) is 0 Å². The van der Waals surface area contributed by atoms with Gasteiger partial charge in [-0.3, -0.25) is 0 Å². The molecular formula is C9H10BrN2+. The van der Waals surface area contributed by atoms with Crippen molar-refractivity contribution in [3.63, 3.8) is 0 Å². The summed E-state index contributed by atoms with van der Waals surface area (Å²) in [5, 5.41) is 8.50. The third-order valence-corrected chi connectivity index (χ3v) is 2.41. The average Bonchev–Trinajstić information content (AvgIpc) is 2.03. The summed E-state index contributed by atoms with van der Waals surface area (Å²) in [4.78, 5) is 3.10. The highest BCUT2D eigenvalue weighted by Gasteiger charge is 2.10. The first-order valence-corrected chi connectivity index (χ1v) is 4.59. The molecule has 0 aliphatic carbocycles. The molecule has 0 heterocycles. The molecule has 0 amide bonds. The van der Waals surface area contributed by atoms with Gasteiger partial charge < -0.3 is 0 Å². The maximum atomic E-state index is 8.50. The van der Waals surface area contributed by atoms with E-state index >= 15 is 0 Å². The summed E-state index contributed by atoms with van der Waals surface area (Å²) in [6.45, 7) is 4.24. The number of rotatable bonds is 1. The lowest BCUT2D eigenvalue weighted by molar-refractivity contribution is 0.861. The Kier molecular flexibility index (Phi) is 2.83. The molecule has 1 rings (SSSR count). The van der Waals surface area contributed by atoms with Crippen LogP contribution < -0.4 is 0 Å². The number of diazo groups is 1. The van der Waals surface area contributed by atoms with Crippen molar-refractivity contribution in [1.29, 1.82) is 5.39 Å². The zero-order chi connectivity index (χ0) is 9.14. The van der Waals surface area contributed by atoms with Crippen LogP contribution in [0.3, 0.4) is 0 Å². The molecule has 0 saturated carbocycles. The SMILES string of the molecule is CC(C)c1ccc([N+]#N)cc1Br. The summed E-state index contributed by atoms with van der Waals surface area (Å²) in [5.41, 5.74) is 1.80. The van der Waals surface area contributed by atoms with E-state index in [2.05, 4.69) is 34.8 Å². The van der Waals surface area contributed by atoms with Crippen LogP contribution in [0.5, 0.6) is 0 Å². The van der Waals surface area contributed by atoms with Crippen molar-refractivity contribution >= 4 is 21.6 Å². The monoisotopic (exact) mass is 225 g/mol. The van der Waals surface area contributed by atoms with Crippen LogP contribution in [0.25, 0.3) is 4.98 Å². The Balaban J connectivity index is 3.14. The van der Waals surface area contributed by atoms with Crippen molar-refractivity contribution in [3.8, 4) is 0 Å².